The zero-order chi connectivity index (χ0) is 15.6. The second-order valence-corrected chi connectivity index (χ2v) is 5.95. The van der Waals surface area contributed by atoms with Crippen LogP contribution in [0.1, 0.15) is 43.4 Å². The van der Waals surface area contributed by atoms with Crippen LogP contribution in [0, 0.1) is 24.2 Å². The van der Waals surface area contributed by atoms with Crippen molar-refractivity contribution in [1.29, 1.82) is 5.26 Å². The van der Waals surface area contributed by atoms with Crippen molar-refractivity contribution in [3.05, 3.63) is 27.0 Å². The molecular formula is C16H23N3O2. The van der Waals surface area contributed by atoms with Crippen LogP contribution in [0.25, 0.3) is 0 Å². The highest BCUT2D eigenvalue weighted by Crippen LogP contribution is 2.25. The van der Waals surface area contributed by atoms with E-state index in [4.69, 9.17) is 0 Å². The summed E-state index contributed by atoms with van der Waals surface area (Å²) in [4.78, 5) is 14.4. The topological polar surface area (TPSA) is 69.3 Å². The summed E-state index contributed by atoms with van der Waals surface area (Å²) in [5.41, 5.74) is 1.07. The van der Waals surface area contributed by atoms with E-state index in [1.165, 1.54) is 11.0 Å². The number of pyridine rings is 1. The summed E-state index contributed by atoms with van der Waals surface area (Å²) < 4.78 is 1.29. The Labute approximate surface area is 125 Å². The van der Waals surface area contributed by atoms with Crippen LogP contribution in [0.5, 0.6) is 5.88 Å². The van der Waals surface area contributed by atoms with Gasteiger partial charge in [0.2, 0.25) is 0 Å². The van der Waals surface area contributed by atoms with E-state index in [0.29, 0.717) is 30.1 Å². The SMILES string of the molecule is CCn1c(O)c(CN2CCCC(C)C2)c(C)c(C#N)c1=O. The normalized spacial score (nSPS) is 19.4. The number of hydrogen-bond acceptors (Lipinski definition) is 4. The maximum absolute atomic E-state index is 12.1. The Morgan fingerprint density at radius 2 is 2.19 bits per heavy atom. The minimum atomic E-state index is -0.397. The molecule has 2 rings (SSSR count). The van der Waals surface area contributed by atoms with Crippen LogP contribution in [-0.2, 0) is 13.1 Å². The average Bonchev–Trinajstić information content (AvgIpc) is 2.45. The van der Waals surface area contributed by atoms with Crippen molar-refractivity contribution in [3.8, 4) is 11.9 Å². The molecule has 0 aromatic carbocycles. The highest BCUT2D eigenvalue weighted by Gasteiger charge is 2.22. The first kappa shape index (κ1) is 15.6. The van der Waals surface area contributed by atoms with Crippen LogP contribution in [0.15, 0.2) is 4.79 Å². The molecule has 1 unspecified atom stereocenters. The van der Waals surface area contributed by atoms with Gasteiger partial charge in [0, 0.05) is 25.2 Å². The summed E-state index contributed by atoms with van der Waals surface area (Å²) in [7, 11) is 0. The molecular weight excluding hydrogens is 266 g/mol. The fourth-order valence-electron chi connectivity index (χ4n) is 3.14. The molecule has 0 aliphatic carbocycles. The predicted octanol–water partition coefficient (Wildman–Crippen LogP) is 1.99. The van der Waals surface area contributed by atoms with Gasteiger partial charge in [0.05, 0.1) is 0 Å². The zero-order valence-electron chi connectivity index (χ0n) is 13.0. The van der Waals surface area contributed by atoms with Gasteiger partial charge in [-0.15, -0.1) is 0 Å². The monoisotopic (exact) mass is 289 g/mol. The standard InChI is InChI=1S/C16H23N3O2/c1-4-19-15(20)13(8-17)12(3)14(16(19)21)10-18-7-5-6-11(2)9-18/h11,21H,4-7,9-10H2,1-3H3. The summed E-state index contributed by atoms with van der Waals surface area (Å²) >= 11 is 0. The van der Waals surface area contributed by atoms with Crippen molar-refractivity contribution in [2.24, 2.45) is 5.92 Å². The van der Waals surface area contributed by atoms with E-state index in [-0.39, 0.29) is 11.4 Å². The largest absolute Gasteiger partial charge is 0.494 e. The van der Waals surface area contributed by atoms with Crippen molar-refractivity contribution < 1.29 is 5.11 Å². The van der Waals surface area contributed by atoms with Gasteiger partial charge in [0.1, 0.15) is 11.6 Å². The molecule has 0 radical (unpaired) electrons. The van der Waals surface area contributed by atoms with E-state index in [1.54, 1.807) is 13.8 Å². The molecule has 1 fully saturated rings. The molecule has 114 valence electrons. The number of aromatic nitrogens is 1. The van der Waals surface area contributed by atoms with Crippen molar-refractivity contribution in [1.82, 2.24) is 9.47 Å². The van der Waals surface area contributed by atoms with E-state index in [1.807, 2.05) is 6.07 Å². The predicted molar refractivity (Wildman–Crippen MR) is 81.2 cm³/mol. The van der Waals surface area contributed by atoms with Crippen LogP contribution >= 0.6 is 0 Å². The van der Waals surface area contributed by atoms with E-state index in [0.717, 1.165) is 19.5 Å². The molecule has 21 heavy (non-hydrogen) atoms. The number of rotatable bonds is 3. The molecule has 5 nitrogen and oxygen atoms in total. The molecule has 0 amide bonds. The maximum atomic E-state index is 12.1. The number of likely N-dealkylation sites (tertiary alicyclic amines) is 1. The van der Waals surface area contributed by atoms with E-state index >= 15 is 0 Å². The lowest BCUT2D eigenvalue weighted by Gasteiger charge is -2.31. The third-order valence-electron chi connectivity index (χ3n) is 4.36. The third-order valence-corrected chi connectivity index (χ3v) is 4.36. The van der Waals surface area contributed by atoms with Gasteiger partial charge in [-0.3, -0.25) is 14.3 Å². The number of piperidine rings is 1. The van der Waals surface area contributed by atoms with Crippen molar-refractivity contribution >= 4 is 0 Å². The lowest BCUT2D eigenvalue weighted by Crippen LogP contribution is -2.35. The summed E-state index contributed by atoms with van der Waals surface area (Å²) in [5, 5.41) is 19.6. The summed E-state index contributed by atoms with van der Waals surface area (Å²) in [6.45, 7) is 8.72. The molecule has 1 aromatic heterocycles. The molecule has 2 heterocycles. The van der Waals surface area contributed by atoms with E-state index < -0.39 is 5.56 Å². The quantitative estimate of drug-likeness (QED) is 0.924. The number of aromatic hydroxyl groups is 1. The Bertz CT molecular complexity index is 628. The Kier molecular flexibility index (Phi) is 4.69. The van der Waals surface area contributed by atoms with Gasteiger partial charge < -0.3 is 5.11 Å². The zero-order valence-corrected chi connectivity index (χ0v) is 13.0. The smallest absolute Gasteiger partial charge is 0.271 e. The lowest BCUT2D eigenvalue weighted by molar-refractivity contribution is 0.174. The maximum Gasteiger partial charge on any atom is 0.271 e. The fourth-order valence-corrected chi connectivity index (χ4v) is 3.14. The van der Waals surface area contributed by atoms with Gasteiger partial charge in [0.25, 0.3) is 5.56 Å². The molecule has 1 aliphatic heterocycles. The van der Waals surface area contributed by atoms with Gasteiger partial charge >= 0.3 is 0 Å². The highest BCUT2D eigenvalue weighted by atomic mass is 16.3. The molecule has 1 atom stereocenters. The van der Waals surface area contributed by atoms with Crippen molar-refractivity contribution in [3.63, 3.8) is 0 Å². The van der Waals surface area contributed by atoms with Gasteiger partial charge in [-0.2, -0.15) is 5.26 Å². The van der Waals surface area contributed by atoms with Crippen LogP contribution in [0.2, 0.25) is 0 Å². The summed E-state index contributed by atoms with van der Waals surface area (Å²) in [6, 6.07) is 1.99. The van der Waals surface area contributed by atoms with E-state index in [9.17, 15) is 15.2 Å². The van der Waals surface area contributed by atoms with Gasteiger partial charge in [-0.05, 0) is 44.7 Å². The first-order valence-corrected chi connectivity index (χ1v) is 7.57. The molecule has 1 aliphatic rings. The molecule has 0 bridgehead atoms. The lowest BCUT2D eigenvalue weighted by atomic mass is 9.98. The number of nitrogens with zero attached hydrogens (tertiary/aromatic N) is 3. The van der Waals surface area contributed by atoms with Crippen LogP contribution in [0.4, 0.5) is 0 Å². The summed E-state index contributed by atoms with van der Waals surface area (Å²) in [5.74, 6) is 0.658. The summed E-state index contributed by atoms with van der Waals surface area (Å²) in [6.07, 6.45) is 2.39. The highest BCUT2D eigenvalue weighted by molar-refractivity contribution is 5.45. The Balaban J connectivity index is 2.43. The Morgan fingerprint density at radius 1 is 1.48 bits per heavy atom. The Hall–Kier alpha value is -1.80. The van der Waals surface area contributed by atoms with Crippen molar-refractivity contribution in [2.45, 2.75) is 46.7 Å². The van der Waals surface area contributed by atoms with Gasteiger partial charge in [-0.25, -0.2) is 0 Å². The molecule has 0 spiro atoms. The number of nitriles is 1. The van der Waals surface area contributed by atoms with Crippen LogP contribution in [0.3, 0.4) is 0 Å². The second-order valence-electron chi connectivity index (χ2n) is 5.95. The van der Waals surface area contributed by atoms with Crippen LogP contribution < -0.4 is 5.56 Å². The minimum Gasteiger partial charge on any atom is -0.494 e. The van der Waals surface area contributed by atoms with Gasteiger partial charge in [0.15, 0.2) is 5.88 Å². The first-order chi connectivity index (χ1) is 9.99. The fraction of sp³-hybridized carbons (Fsp3) is 0.625. The first-order valence-electron chi connectivity index (χ1n) is 7.57. The van der Waals surface area contributed by atoms with Crippen molar-refractivity contribution in [2.75, 3.05) is 13.1 Å². The van der Waals surface area contributed by atoms with Crippen LogP contribution in [-0.4, -0.2) is 27.7 Å². The molecule has 1 N–H and O–H groups in total. The number of hydrogen-bond donors (Lipinski definition) is 1. The van der Waals surface area contributed by atoms with E-state index in [2.05, 4.69) is 11.8 Å². The van der Waals surface area contributed by atoms with Gasteiger partial charge in [-0.1, -0.05) is 6.92 Å². The molecule has 1 aromatic rings. The minimum absolute atomic E-state index is 0.0113. The average molecular weight is 289 g/mol. The Morgan fingerprint density at radius 3 is 2.76 bits per heavy atom. The third kappa shape index (κ3) is 2.96. The molecule has 0 saturated carbocycles. The second kappa shape index (κ2) is 6.31. The molecule has 1 saturated heterocycles. The molecule has 5 heteroatoms.